The Morgan fingerprint density at radius 2 is 2.20 bits per heavy atom. The van der Waals surface area contributed by atoms with Gasteiger partial charge in [-0.25, -0.2) is 0 Å². The van der Waals surface area contributed by atoms with Gasteiger partial charge >= 0.3 is 0 Å². The number of hydrogen-bond donors (Lipinski definition) is 2. The molecule has 1 heterocycles. The Hall–Kier alpha value is -2.64. The minimum Gasteiger partial charge on any atom is -0.508 e. The molecular weight excluding hydrogens is 326 g/mol. The molecule has 1 fully saturated rings. The van der Waals surface area contributed by atoms with Crippen LogP contribution in [0.2, 0.25) is 0 Å². The van der Waals surface area contributed by atoms with Gasteiger partial charge in [0.15, 0.2) is 0 Å². The highest BCUT2D eigenvalue weighted by atomic mass is 16.6. The summed E-state index contributed by atoms with van der Waals surface area (Å²) in [4.78, 5) is 36.3. The SMILES string of the molecule is CCCC(=O)N1CCC[C@H](C(=O)NCc2cc([N+](=O)[O-])ccc2O)C1. The second-order valence-electron chi connectivity index (χ2n) is 6.22. The largest absolute Gasteiger partial charge is 0.508 e. The van der Waals surface area contributed by atoms with Gasteiger partial charge < -0.3 is 15.3 Å². The van der Waals surface area contributed by atoms with Crippen LogP contribution in [0.1, 0.15) is 38.2 Å². The van der Waals surface area contributed by atoms with Crippen LogP contribution >= 0.6 is 0 Å². The maximum absolute atomic E-state index is 12.4. The van der Waals surface area contributed by atoms with Crippen molar-refractivity contribution in [3.05, 3.63) is 33.9 Å². The van der Waals surface area contributed by atoms with Gasteiger partial charge in [0, 0.05) is 43.8 Å². The second kappa shape index (κ2) is 8.46. The van der Waals surface area contributed by atoms with Gasteiger partial charge in [0.05, 0.1) is 10.8 Å². The molecule has 0 aliphatic carbocycles. The first-order chi connectivity index (χ1) is 11.9. The number of piperidine rings is 1. The predicted molar refractivity (Wildman–Crippen MR) is 90.8 cm³/mol. The number of benzene rings is 1. The quantitative estimate of drug-likeness (QED) is 0.602. The van der Waals surface area contributed by atoms with E-state index < -0.39 is 4.92 Å². The minimum absolute atomic E-state index is 0.00571. The molecule has 8 heteroatoms. The molecule has 0 unspecified atom stereocenters. The van der Waals surface area contributed by atoms with E-state index in [-0.39, 0.29) is 41.3 Å². The summed E-state index contributed by atoms with van der Waals surface area (Å²) in [6, 6.07) is 3.69. The number of likely N-dealkylation sites (tertiary alicyclic amines) is 1. The standard InChI is InChI=1S/C17H23N3O5/c1-2-4-16(22)19-8-3-5-12(11-19)17(23)18-10-13-9-14(20(24)25)6-7-15(13)21/h6-7,9,12,21H,2-5,8,10-11H2,1H3,(H,18,23)/t12-/m0/s1. The average Bonchev–Trinajstić information content (AvgIpc) is 2.60. The number of non-ortho nitro benzene ring substituents is 1. The van der Waals surface area contributed by atoms with E-state index >= 15 is 0 Å². The monoisotopic (exact) mass is 349 g/mol. The van der Waals surface area contributed by atoms with Gasteiger partial charge in [-0.3, -0.25) is 19.7 Å². The Bertz CT molecular complexity index is 662. The van der Waals surface area contributed by atoms with Crippen LogP contribution < -0.4 is 5.32 Å². The smallest absolute Gasteiger partial charge is 0.270 e. The molecule has 1 aromatic carbocycles. The third-order valence-electron chi connectivity index (χ3n) is 4.34. The van der Waals surface area contributed by atoms with Gasteiger partial charge in [-0.1, -0.05) is 6.92 Å². The zero-order chi connectivity index (χ0) is 18.4. The number of nitro benzene ring substituents is 1. The number of hydrogen-bond acceptors (Lipinski definition) is 5. The summed E-state index contributed by atoms with van der Waals surface area (Å²) in [6.07, 6.45) is 2.73. The summed E-state index contributed by atoms with van der Waals surface area (Å²) in [6.45, 7) is 3.02. The van der Waals surface area contributed by atoms with E-state index in [0.717, 1.165) is 12.8 Å². The fourth-order valence-corrected chi connectivity index (χ4v) is 2.94. The molecule has 2 amide bonds. The predicted octanol–water partition coefficient (Wildman–Crippen LogP) is 1.96. The Morgan fingerprint density at radius 1 is 1.44 bits per heavy atom. The lowest BCUT2D eigenvalue weighted by atomic mass is 9.96. The number of rotatable bonds is 6. The molecule has 0 bridgehead atoms. The van der Waals surface area contributed by atoms with Gasteiger partial charge in [-0.05, 0) is 25.3 Å². The van der Waals surface area contributed by atoms with E-state index in [4.69, 9.17) is 0 Å². The molecule has 1 aliphatic rings. The van der Waals surface area contributed by atoms with Crippen LogP contribution in [-0.2, 0) is 16.1 Å². The lowest BCUT2D eigenvalue weighted by Crippen LogP contribution is -2.45. The zero-order valence-electron chi connectivity index (χ0n) is 14.2. The van der Waals surface area contributed by atoms with Gasteiger partial charge in [0.1, 0.15) is 5.75 Å². The molecule has 0 saturated carbocycles. The van der Waals surface area contributed by atoms with Gasteiger partial charge in [0.25, 0.3) is 5.69 Å². The molecule has 2 N–H and O–H groups in total. The van der Waals surface area contributed by atoms with Crippen LogP contribution in [0.15, 0.2) is 18.2 Å². The van der Waals surface area contributed by atoms with E-state index in [2.05, 4.69) is 5.32 Å². The summed E-state index contributed by atoms with van der Waals surface area (Å²) < 4.78 is 0. The van der Waals surface area contributed by atoms with Crippen molar-refractivity contribution in [2.75, 3.05) is 13.1 Å². The van der Waals surface area contributed by atoms with Crippen LogP contribution in [0.5, 0.6) is 5.75 Å². The summed E-state index contributed by atoms with van der Waals surface area (Å²) in [7, 11) is 0. The second-order valence-corrected chi connectivity index (χ2v) is 6.22. The third kappa shape index (κ3) is 4.91. The molecule has 0 spiro atoms. The Morgan fingerprint density at radius 3 is 2.88 bits per heavy atom. The van der Waals surface area contributed by atoms with Crippen molar-refractivity contribution in [3.8, 4) is 5.75 Å². The Labute approximate surface area is 146 Å². The number of amides is 2. The lowest BCUT2D eigenvalue weighted by Gasteiger charge is -2.32. The van der Waals surface area contributed by atoms with E-state index in [0.29, 0.717) is 25.9 Å². The van der Waals surface area contributed by atoms with Crippen LogP contribution in [0.25, 0.3) is 0 Å². The number of carbonyl (C=O) groups excluding carboxylic acids is 2. The molecule has 2 rings (SSSR count). The summed E-state index contributed by atoms with van der Waals surface area (Å²) in [5.74, 6) is -0.541. The Balaban J connectivity index is 1.95. The molecule has 0 radical (unpaired) electrons. The highest BCUT2D eigenvalue weighted by Gasteiger charge is 2.28. The highest BCUT2D eigenvalue weighted by Crippen LogP contribution is 2.23. The summed E-state index contributed by atoms with van der Waals surface area (Å²) >= 11 is 0. The average molecular weight is 349 g/mol. The van der Waals surface area contributed by atoms with Crippen molar-refractivity contribution in [2.45, 2.75) is 39.2 Å². The number of aromatic hydroxyl groups is 1. The topological polar surface area (TPSA) is 113 Å². The molecule has 25 heavy (non-hydrogen) atoms. The molecule has 1 saturated heterocycles. The summed E-state index contributed by atoms with van der Waals surface area (Å²) in [5.41, 5.74) is 0.147. The number of nitrogens with zero attached hydrogens (tertiary/aromatic N) is 2. The lowest BCUT2D eigenvalue weighted by molar-refractivity contribution is -0.384. The number of phenols is 1. The minimum atomic E-state index is -0.552. The fraction of sp³-hybridized carbons (Fsp3) is 0.529. The molecule has 8 nitrogen and oxygen atoms in total. The number of carbonyl (C=O) groups is 2. The van der Waals surface area contributed by atoms with Crippen LogP contribution in [0, 0.1) is 16.0 Å². The molecule has 1 atom stereocenters. The normalized spacial score (nSPS) is 17.2. The van der Waals surface area contributed by atoms with Crippen LogP contribution in [0.4, 0.5) is 5.69 Å². The molecule has 1 aliphatic heterocycles. The fourth-order valence-electron chi connectivity index (χ4n) is 2.94. The maximum atomic E-state index is 12.4. The van der Waals surface area contributed by atoms with Gasteiger partial charge in [-0.15, -0.1) is 0 Å². The van der Waals surface area contributed by atoms with Crippen molar-refractivity contribution in [3.63, 3.8) is 0 Å². The van der Waals surface area contributed by atoms with Crippen LogP contribution in [-0.4, -0.2) is 39.8 Å². The van der Waals surface area contributed by atoms with Crippen molar-refractivity contribution >= 4 is 17.5 Å². The number of nitro groups is 1. The zero-order valence-corrected chi connectivity index (χ0v) is 14.2. The molecule has 1 aromatic rings. The highest BCUT2D eigenvalue weighted by molar-refractivity contribution is 5.81. The van der Waals surface area contributed by atoms with E-state index in [1.807, 2.05) is 6.92 Å². The van der Waals surface area contributed by atoms with E-state index in [1.165, 1.54) is 18.2 Å². The third-order valence-corrected chi connectivity index (χ3v) is 4.34. The maximum Gasteiger partial charge on any atom is 0.270 e. The van der Waals surface area contributed by atoms with Crippen molar-refractivity contribution in [2.24, 2.45) is 5.92 Å². The molecular formula is C17H23N3O5. The Kier molecular flexibility index (Phi) is 6.32. The first-order valence-corrected chi connectivity index (χ1v) is 8.44. The van der Waals surface area contributed by atoms with Gasteiger partial charge in [-0.2, -0.15) is 0 Å². The van der Waals surface area contributed by atoms with Crippen molar-refractivity contribution in [1.82, 2.24) is 10.2 Å². The van der Waals surface area contributed by atoms with Crippen LogP contribution in [0.3, 0.4) is 0 Å². The van der Waals surface area contributed by atoms with Crippen molar-refractivity contribution in [1.29, 1.82) is 0 Å². The number of phenolic OH excluding ortho intramolecular Hbond substituents is 1. The molecule has 136 valence electrons. The summed E-state index contributed by atoms with van der Waals surface area (Å²) in [5, 5.41) is 23.3. The molecule has 0 aromatic heterocycles. The van der Waals surface area contributed by atoms with E-state index in [1.54, 1.807) is 4.90 Å². The first-order valence-electron chi connectivity index (χ1n) is 8.44. The first kappa shape index (κ1) is 18.7. The number of nitrogens with one attached hydrogen (secondary N) is 1. The van der Waals surface area contributed by atoms with E-state index in [9.17, 15) is 24.8 Å². The van der Waals surface area contributed by atoms with Gasteiger partial charge in [0.2, 0.25) is 11.8 Å². The van der Waals surface area contributed by atoms with Crippen molar-refractivity contribution < 1.29 is 19.6 Å².